The zero-order chi connectivity index (χ0) is 12.1. The highest BCUT2D eigenvalue weighted by Crippen LogP contribution is 2.32. The first-order valence-corrected chi connectivity index (χ1v) is 5.90. The van der Waals surface area contributed by atoms with E-state index in [9.17, 15) is 4.39 Å². The Morgan fingerprint density at radius 3 is 2.75 bits per heavy atom. The number of benzene rings is 1. The van der Waals surface area contributed by atoms with E-state index in [-0.39, 0.29) is 11.1 Å². The van der Waals surface area contributed by atoms with Gasteiger partial charge in [0, 0.05) is 16.6 Å². The summed E-state index contributed by atoms with van der Waals surface area (Å²) in [5.74, 6) is -0.450. The lowest BCUT2D eigenvalue weighted by Gasteiger charge is -2.17. The molecule has 0 saturated carbocycles. The highest BCUT2D eigenvalue weighted by Gasteiger charge is 2.16. The predicted octanol–water partition coefficient (Wildman–Crippen LogP) is 3.13. The number of nitrogens with two attached hydrogens (primary N) is 1. The molecule has 1 unspecified atom stereocenters. The van der Waals surface area contributed by atoms with Crippen LogP contribution in [-0.2, 0) is 0 Å². The van der Waals surface area contributed by atoms with Gasteiger partial charge in [-0.2, -0.15) is 0 Å². The van der Waals surface area contributed by atoms with Gasteiger partial charge in [-0.25, -0.2) is 4.39 Å². The van der Waals surface area contributed by atoms with Crippen LogP contribution in [0.5, 0.6) is 0 Å². The van der Waals surface area contributed by atoms with Crippen molar-refractivity contribution in [2.24, 2.45) is 5.73 Å². The average molecular weight is 265 g/mol. The molecule has 0 aliphatic carbocycles. The first kappa shape index (κ1) is 13.7. The Bertz CT molecular complexity index is 358. The van der Waals surface area contributed by atoms with Crippen LogP contribution in [0.4, 0.5) is 4.39 Å². The molecule has 0 bridgehead atoms. The summed E-state index contributed by atoms with van der Waals surface area (Å²) >= 11 is 11.9. The molecule has 0 spiro atoms. The summed E-state index contributed by atoms with van der Waals surface area (Å²) in [7, 11) is 0. The van der Waals surface area contributed by atoms with Gasteiger partial charge in [0.1, 0.15) is 5.82 Å². The Hall–Kier alpha value is -0.350. The molecule has 0 aliphatic heterocycles. The molecule has 0 radical (unpaired) electrons. The summed E-state index contributed by atoms with van der Waals surface area (Å²) in [4.78, 5) is 0. The number of hydrogen-bond acceptors (Lipinski definition) is 2. The zero-order valence-electron chi connectivity index (χ0n) is 9.06. The Kier molecular flexibility index (Phi) is 5.49. The van der Waals surface area contributed by atoms with Gasteiger partial charge >= 0.3 is 0 Å². The second kappa shape index (κ2) is 6.40. The zero-order valence-corrected chi connectivity index (χ0v) is 10.6. The normalized spacial score (nSPS) is 12.8. The van der Waals surface area contributed by atoms with Gasteiger partial charge in [0.2, 0.25) is 0 Å². The SMILES string of the molecule is CC(NCCCN)c1c(Cl)ccc(F)c1Cl. The Balaban J connectivity index is 2.81. The van der Waals surface area contributed by atoms with Crippen LogP contribution < -0.4 is 11.1 Å². The van der Waals surface area contributed by atoms with E-state index in [0.717, 1.165) is 13.0 Å². The number of rotatable bonds is 5. The summed E-state index contributed by atoms with van der Waals surface area (Å²) in [6, 6.07) is 2.68. The largest absolute Gasteiger partial charge is 0.330 e. The van der Waals surface area contributed by atoms with E-state index in [1.54, 1.807) is 0 Å². The molecule has 16 heavy (non-hydrogen) atoms. The maximum atomic E-state index is 13.3. The van der Waals surface area contributed by atoms with Gasteiger partial charge in [0.15, 0.2) is 0 Å². The highest BCUT2D eigenvalue weighted by atomic mass is 35.5. The molecule has 0 fully saturated rings. The third-order valence-electron chi connectivity index (χ3n) is 2.34. The highest BCUT2D eigenvalue weighted by molar-refractivity contribution is 6.36. The van der Waals surface area contributed by atoms with Crippen LogP contribution in [0.2, 0.25) is 10.0 Å². The fourth-order valence-electron chi connectivity index (χ4n) is 1.46. The third-order valence-corrected chi connectivity index (χ3v) is 3.06. The molecule has 0 aromatic heterocycles. The Morgan fingerprint density at radius 1 is 1.44 bits per heavy atom. The van der Waals surface area contributed by atoms with Crippen molar-refractivity contribution in [3.05, 3.63) is 33.6 Å². The average Bonchev–Trinajstić information content (AvgIpc) is 2.24. The molecule has 0 heterocycles. The van der Waals surface area contributed by atoms with Crippen molar-refractivity contribution >= 4 is 23.2 Å². The summed E-state index contributed by atoms with van der Waals surface area (Å²) in [6.07, 6.45) is 0.856. The summed E-state index contributed by atoms with van der Waals surface area (Å²) in [5, 5.41) is 3.75. The van der Waals surface area contributed by atoms with Crippen molar-refractivity contribution in [1.29, 1.82) is 0 Å². The molecule has 1 atom stereocenters. The minimum atomic E-state index is -0.450. The number of nitrogens with one attached hydrogen (secondary N) is 1. The van der Waals surface area contributed by atoms with Gasteiger partial charge in [0.05, 0.1) is 5.02 Å². The van der Waals surface area contributed by atoms with E-state index < -0.39 is 5.82 Å². The van der Waals surface area contributed by atoms with E-state index in [0.29, 0.717) is 17.1 Å². The Morgan fingerprint density at radius 2 is 2.12 bits per heavy atom. The van der Waals surface area contributed by atoms with Crippen molar-refractivity contribution in [2.45, 2.75) is 19.4 Å². The molecule has 1 aromatic rings. The molecule has 0 amide bonds. The third kappa shape index (κ3) is 3.32. The van der Waals surface area contributed by atoms with Crippen molar-refractivity contribution in [2.75, 3.05) is 13.1 Å². The molecule has 1 aromatic carbocycles. The molecule has 0 aliphatic rings. The molecular formula is C11H15Cl2FN2. The smallest absolute Gasteiger partial charge is 0.142 e. The van der Waals surface area contributed by atoms with Crippen molar-refractivity contribution < 1.29 is 4.39 Å². The van der Waals surface area contributed by atoms with Gasteiger partial charge in [0.25, 0.3) is 0 Å². The van der Waals surface area contributed by atoms with Crippen LogP contribution >= 0.6 is 23.2 Å². The van der Waals surface area contributed by atoms with E-state index in [1.807, 2.05) is 6.92 Å². The van der Waals surface area contributed by atoms with Gasteiger partial charge in [-0.1, -0.05) is 23.2 Å². The van der Waals surface area contributed by atoms with E-state index in [2.05, 4.69) is 5.32 Å². The topological polar surface area (TPSA) is 38.0 Å². The predicted molar refractivity (Wildman–Crippen MR) is 66.5 cm³/mol. The molecular weight excluding hydrogens is 250 g/mol. The van der Waals surface area contributed by atoms with Crippen LogP contribution in [0.1, 0.15) is 24.9 Å². The maximum absolute atomic E-state index is 13.3. The summed E-state index contributed by atoms with van der Waals surface area (Å²) < 4.78 is 13.3. The van der Waals surface area contributed by atoms with Gasteiger partial charge in [-0.3, -0.25) is 0 Å². The van der Waals surface area contributed by atoms with Crippen molar-refractivity contribution in [3.63, 3.8) is 0 Å². The summed E-state index contributed by atoms with van der Waals surface area (Å²) in [6.45, 7) is 3.26. The molecule has 5 heteroatoms. The Labute approximate surface area is 105 Å². The lowest BCUT2D eigenvalue weighted by atomic mass is 10.1. The van der Waals surface area contributed by atoms with Crippen LogP contribution in [-0.4, -0.2) is 13.1 Å². The van der Waals surface area contributed by atoms with E-state index >= 15 is 0 Å². The molecule has 3 N–H and O–H groups in total. The second-order valence-corrected chi connectivity index (χ2v) is 4.36. The van der Waals surface area contributed by atoms with Gasteiger partial charge < -0.3 is 11.1 Å². The van der Waals surface area contributed by atoms with E-state index in [4.69, 9.17) is 28.9 Å². The van der Waals surface area contributed by atoms with Crippen molar-refractivity contribution in [1.82, 2.24) is 5.32 Å². The summed E-state index contributed by atoms with van der Waals surface area (Å²) in [5.41, 5.74) is 5.98. The standard InChI is InChI=1S/C11H15Cl2FN2/c1-7(16-6-2-5-15)10-8(12)3-4-9(14)11(10)13/h3-4,7,16H,2,5-6,15H2,1H3. The molecule has 0 saturated heterocycles. The number of halogens is 3. The lowest BCUT2D eigenvalue weighted by Crippen LogP contribution is -2.22. The molecule has 90 valence electrons. The first-order chi connectivity index (χ1) is 7.57. The van der Waals surface area contributed by atoms with E-state index in [1.165, 1.54) is 12.1 Å². The fraction of sp³-hybridized carbons (Fsp3) is 0.455. The van der Waals surface area contributed by atoms with Crippen LogP contribution in [0, 0.1) is 5.82 Å². The monoisotopic (exact) mass is 264 g/mol. The van der Waals surface area contributed by atoms with Crippen LogP contribution in [0.25, 0.3) is 0 Å². The lowest BCUT2D eigenvalue weighted by molar-refractivity contribution is 0.555. The number of hydrogen-bond donors (Lipinski definition) is 2. The van der Waals surface area contributed by atoms with Crippen molar-refractivity contribution in [3.8, 4) is 0 Å². The fourth-order valence-corrected chi connectivity index (χ4v) is 2.16. The minimum Gasteiger partial charge on any atom is -0.330 e. The van der Waals surface area contributed by atoms with Gasteiger partial charge in [-0.15, -0.1) is 0 Å². The van der Waals surface area contributed by atoms with Crippen LogP contribution in [0.15, 0.2) is 12.1 Å². The maximum Gasteiger partial charge on any atom is 0.142 e. The van der Waals surface area contributed by atoms with Crippen LogP contribution in [0.3, 0.4) is 0 Å². The second-order valence-electron chi connectivity index (χ2n) is 3.57. The first-order valence-electron chi connectivity index (χ1n) is 5.14. The molecule has 2 nitrogen and oxygen atoms in total. The van der Waals surface area contributed by atoms with Gasteiger partial charge in [-0.05, 0) is 38.6 Å². The molecule has 1 rings (SSSR count). The minimum absolute atomic E-state index is 0.0836. The quantitative estimate of drug-likeness (QED) is 0.634.